The molecule has 3 rings (SSSR count). The lowest BCUT2D eigenvalue weighted by Gasteiger charge is -2.17. The van der Waals surface area contributed by atoms with Gasteiger partial charge in [-0.2, -0.15) is 5.10 Å². The van der Waals surface area contributed by atoms with Crippen LogP contribution in [0, 0.1) is 0 Å². The van der Waals surface area contributed by atoms with Crippen molar-refractivity contribution in [3.63, 3.8) is 0 Å². The van der Waals surface area contributed by atoms with E-state index in [1.165, 1.54) is 21.7 Å². The van der Waals surface area contributed by atoms with Crippen LogP contribution < -0.4 is 15.0 Å². The molecule has 0 saturated carbocycles. The number of ether oxygens (including phenoxy) is 3. The van der Waals surface area contributed by atoms with Crippen LogP contribution in [-0.4, -0.2) is 48.1 Å². The molecule has 8 nitrogen and oxygen atoms in total. The van der Waals surface area contributed by atoms with Gasteiger partial charge in [-0.25, -0.2) is 4.68 Å². The van der Waals surface area contributed by atoms with E-state index in [2.05, 4.69) is 5.10 Å². The highest BCUT2D eigenvalue weighted by molar-refractivity contribution is 5.91. The van der Waals surface area contributed by atoms with E-state index >= 15 is 0 Å². The van der Waals surface area contributed by atoms with E-state index in [9.17, 15) is 9.59 Å². The summed E-state index contributed by atoms with van der Waals surface area (Å²) >= 11 is 0. The maximum absolute atomic E-state index is 12.6. The lowest BCUT2D eigenvalue weighted by atomic mass is 10.2. The quantitative estimate of drug-likeness (QED) is 0.773. The number of hydrogen-bond donors (Lipinski definition) is 0. The highest BCUT2D eigenvalue weighted by Crippen LogP contribution is 2.32. The van der Waals surface area contributed by atoms with Crippen LogP contribution in [0.3, 0.4) is 0 Å². The fraction of sp³-hybridized carbons (Fsp3) is 0.353. The Morgan fingerprint density at radius 2 is 2.08 bits per heavy atom. The Labute approximate surface area is 144 Å². The van der Waals surface area contributed by atoms with Crippen LogP contribution in [-0.2, 0) is 17.8 Å². The first-order chi connectivity index (χ1) is 12.1. The van der Waals surface area contributed by atoms with Crippen molar-refractivity contribution in [2.24, 2.45) is 0 Å². The van der Waals surface area contributed by atoms with E-state index in [1.807, 2.05) is 18.2 Å². The van der Waals surface area contributed by atoms with Gasteiger partial charge in [-0.3, -0.25) is 9.59 Å². The number of benzene rings is 1. The molecule has 0 spiro atoms. The zero-order valence-electron chi connectivity index (χ0n) is 14.1. The number of nitrogens with zero attached hydrogens (tertiary/aromatic N) is 3. The molecule has 0 fully saturated rings. The maximum atomic E-state index is 12.6. The molecule has 25 heavy (non-hydrogen) atoms. The Morgan fingerprint density at radius 3 is 2.88 bits per heavy atom. The van der Waals surface area contributed by atoms with E-state index < -0.39 is 0 Å². The number of hydrogen-bond acceptors (Lipinski definition) is 6. The Bertz CT molecular complexity index is 833. The summed E-state index contributed by atoms with van der Waals surface area (Å²) in [6.45, 7) is 1.23. The molecule has 0 saturated heterocycles. The van der Waals surface area contributed by atoms with Crippen LogP contribution in [0.2, 0.25) is 0 Å². The van der Waals surface area contributed by atoms with Crippen LogP contribution in [0.4, 0.5) is 0 Å². The molecule has 1 aromatic heterocycles. The van der Waals surface area contributed by atoms with Crippen molar-refractivity contribution < 1.29 is 19.0 Å². The number of fused-ring (bicyclic) bond motifs is 1. The number of carbonyl (C=O) groups excluding carboxylic acids is 1. The molecule has 2 aromatic rings. The minimum Gasteiger partial charge on any atom is -0.454 e. The van der Waals surface area contributed by atoms with Crippen LogP contribution >= 0.6 is 0 Å². The predicted molar refractivity (Wildman–Crippen MR) is 88.7 cm³/mol. The average molecular weight is 345 g/mol. The van der Waals surface area contributed by atoms with Gasteiger partial charge >= 0.3 is 0 Å². The van der Waals surface area contributed by atoms with Gasteiger partial charge in [-0.05, 0) is 23.8 Å². The minimum atomic E-state index is -0.274. The van der Waals surface area contributed by atoms with Gasteiger partial charge in [0.05, 0.1) is 13.2 Å². The molecule has 132 valence electrons. The van der Waals surface area contributed by atoms with Gasteiger partial charge in [0, 0.05) is 26.8 Å². The van der Waals surface area contributed by atoms with Crippen molar-refractivity contribution in [1.29, 1.82) is 0 Å². The first-order valence-corrected chi connectivity index (χ1v) is 7.79. The normalized spacial score (nSPS) is 12.2. The summed E-state index contributed by atoms with van der Waals surface area (Å²) in [5, 5.41) is 4.12. The van der Waals surface area contributed by atoms with Crippen molar-refractivity contribution in [2.75, 3.05) is 27.6 Å². The summed E-state index contributed by atoms with van der Waals surface area (Å²) in [5.74, 6) is 1.10. The third-order valence-electron chi connectivity index (χ3n) is 3.80. The molecule has 1 amide bonds. The van der Waals surface area contributed by atoms with Crippen LogP contribution in [0.15, 0.2) is 35.1 Å². The Morgan fingerprint density at radius 1 is 1.28 bits per heavy atom. The maximum Gasteiger partial charge on any atom is 0.274 e. The van der Waals surface area contributed by atoms with Gasteiger partial charge in [-0.15, -0.1) is 0 Å². The Balaban J connectivity index is 1.73. The van der Waals surface area contributed by atoms with Crippen molar-refractivity contribution >= 4 is 5.91 Å². The molecule has 1 aromatic carbocycles. The predicted octanol–water partition coefficient (Wildman–Crippen LogP) is 0.891. The van der Waals surface area contributed by atoms with E-state index in [1.54, 1.807) is 14.2 Å². The van der Waals surface area contributed by atoms with Gasteiger partial charge in [0.2, 0.25) is 6.79 Å². The number of methoxy groups -OCH3 is 1. The molecule has 0 radical (unpaired) electrons. The summed E-state index contributed by atoms with van der Waals surface area (Å²) in [5.41, 5.74) is 0.846. The zero-order valence-corrected chi connectivity index (χ0v) is 14.1. The second kappa shape index (κ2) is 7.35. The molecular weight excluding hydrogens is 326 g/mol. The number of amides is 1. The monoisotopic (exact) mass is 345 g/mol. The standard InChI is InChI=1S/C17H19N3O5/c1-19(10-12-3-5-14-15(9-12)25-11-24-14)17(22)13-4-6-16(21)20(18-13)7-8-23-2/h3-6,9H,7-8,10-11H2,1-2H3. The van der Waals surface area contributed by atoms with Gasteiger partial charge in [0.15, 0.2) is 11.5 Å². The van der Waals surface area contributed by atoms with E-state index in [0.29, 0.717) is 31.2 Å². The van der Waals surface area contributed by atoms with E-state index in [4.69, 9.17) is 14.2 Å². The third-order valence-corrected chi connectivity index (χ3v) is 3.80. The lowest BCUT2D eigenvalue weighted by Crippen LogP contribution is -2.31. The van der Waals surface area contributed by atoms with Gasteiger partial charge in [-0.1, -0.05) is 6.07 Å². The van der Waals surface area contributed by atoms with Crippen molar-refractivity contribution in [1.82, 2.24) is 14.7 Å². The Hall–Kier alpha value is -2.87. The molecule has 0 aliphatic carbocycles. The van der Waals surface area contributed by atoms with E-state index in [0.717, 1.165) is 5.56 Å². The van der Waals surface area contributed by atoms with Gasteiger partial charge in [0.25, 0.3) is 11.5 Å². The molecule has 1 aliphatic rings. The molecule has 0 N–H and O–H groups in total. The van der Waals surface area contributed by atoms with Crippen molar-refractivity contribution in [2.45, 2.75) is 13.1 Å². The highest BCUT2D eigenvalue weighted by atomic mass is 16.7. The summed E-state index contributed by atoms with van der Waals surface area (Å²) in [6.07, 6.45) is 0. The zero-order chi connectivity index (χ0) is 17.8. The van der Waals surface area contributed by atoms with Crippen LogP contribution in [0.25, 0.3) is 0 Å². The van der Waals surface area contributed by atoms with Crippen molar-refractivity contribution in [3.05, 3.63) is 51.9 Å². The average Bonchev–Trinajstić information content (AvgIpc) is 3.08. The summed E-state index contributed by atoms with van der Waals surface area (Å²) in [7, 11) is 3.22. The summed E-state index contributed by atoms with van der Waals surface area (Å²) < 4.78 is 16.8. The SMILES string of the molecule is COCCn1nc(C(=O)N(C)Cc2ccc3c(c2)OCO3)ccc1=O. The lowest BCUT2D eigenvalue weighted by molar-refractivity contribution is 0.0775. The summed E-state index contributed by atoms with van der Waals surface area (Å²) in [6, 6.07) is 8.32. The topological polar surface area (TPSA) is 82.9 Å². The van der Waals surface area contributed by atoms with Crippen molar-refractivity contribution in [3.8, 4) is 11.5 Å². The van der Waals surface area contributed by atoms with Gasteiger partial charge in [0.1, 0.15) is 5.69 Å². The van der Waals surface area contributed by atoms with Crippen LogP contribution in [0.1, 0.15) is 16.1 Å². The first-order valence-electron chi connectivity index (χ1n) is 7.79. The molecule has 0 unspecified atom stereocenters. The number of rotatable bonds is 6. The second-order valence-corrected chi connectivity index (χ2v) is 5.62. The molecule has 8 heteroatoms. The summed E-state index contributed by atoms with van der Waals surface area (Å²) in [4.78, 5) is 25.9. The van der Waals surface area contributed by atoms with Gasteiger partial charge < -0.3 is 19.1 Å². The third kappa shape index (κ3) is 3.80. The highest BCUT2D eigenvalue weighted by Gasteiger charge is 2.17. The minimum absolute atomic E-state index is 0.207. The number of carbonyl (C=O) groups is 1. The largest absolute Gasteiger partial charge is 0.454 e. The first kappa shape index (κ1) is 17.0. The van der Waals surface area contributed by atoms with E-state index in [-0.39, 0.29) is 24.0 Å². The number of aromatic nitrogens is 2. The smallest absolute Gasteiger partial charge is 0.274 e. The molecule has 0 bridgehead atoms. The molecule has 1 aliphatic heterocycles. The fourth-order valence-corrected chi connectivity index (χ4v) is 2.48. The molecule has 2 heterocycles. The molecule has 0 atom stereocenters. The molecular formula is C17H19N3O5. The van der Waals surface area contributed by atoms with Crippen LogP contribution in [0.5, 0.6) is 11.5 Å². The fourth-order valence-electron chi connectivity index (χ4n) is 2.48. The second-order valence-electron chi connectivity index (χ2n) is 5.62. The Kier molecular flexibility index (Phi) is 4.99.